The minimum Gasteiger partial charge on any atom is -0.487 e. The van der Waals surface area contributed by atoms with Crippen LogP contribution in [-0.2, 0) is 6.61 Å². The highest BCUT2D eigenvalue weighted by molar-refractivity contribution is 6.99. The summed E-state index contributed by atoms with van der Waals surface area (Å²) in [5.41, 5.74) is 2.58. The van der Waals surface area contributed by atoms with Crippen molar-refractivity contribution < 1.29 is 9.53 Å². The zero-order chi connectivity index (χ0) is 17.8. The summed E-state index contributed by atoms with van der Waals surface area (Å²) in [6, 6.07) is 11.8. The number of aromatic nitrogens is 2. The number of hydrogen-bond acceptors (Lipinski definition) is 5. The van der Waals surface area contributed by atoms with Crippen molar-refractivity contribution >= 4 is 46.5 Å². The van der Waals surface area contributed by atoms with Crippen molar-refractivity contribution in [1.29, 1.82) is 0 Å². The largest absolute Gasteiger partial charge is 0.487 e. The van der Waals surface area contributed by atoms with Gasteiger partial charge in [-0.05, 0) is 43.3 Å². The summed E-state index contributed by atoms with van der Waals surface area (Å²) >= 11 is 13.1. The molecule has 1 aromatic heterocycles. The van der Waals surface area contributed by atoms with Crippen molar-refractivity contribution in [3.05, 3.63) is 69.5 Å². The average molecular weight is 394 g/mol. The van der Waals surface area contributed by atoms with Gasteiger partial charge in [0.25, 0.3) is 5.91 Å². The number of ether oxygens (including phenoxy) is 1. The molecule has 1 N–H and O–H groups in total. The molecule has 8 heteroatoms. The topological polar surface area (TPSA) is 64.1 Å². The lowest BCUT2D eigenvalue weighted by molar-refractivity contribution is 0.102. The molecule has 0 spiro atoms. The SMILES string of the molecule is Cc1nsnc1COc1cccc(C(=O)Nc2ccc(Cl)cc2Cl)c1. The van der Waals surface area contributed by atoms with Crippen LogP contribution in [0.15, 0.2) is 42.5 Å². The Labute approximate surface area is 158 Å². The van der Waals surface area contributed by atoms with Gasteiger partial charge in [-0.1, -0.05) is 29.3 Å². The maximum Gasteiger partial charge on any atom is 0.255 e. The molecule has 128 valence electrons. The standard InChI is InChI=1S/C17H13Cl2N3O2S/c1-10-16(22-25-21-10)9-24-13-4-2-3-11(7-13)17(23)20-15-6-5-12(18)8-14(15)19/h2-8H,9H2,1H3,(H,20,23). The molecular formula is C17H13Cl2N3O2S. The van der Waals surface area contributed by atoms with Gasteiger partial charge < -0.3 is 10.1 Å². The smallest absolute Gasteiger partial charge is 0.255 e. The van der Waals surface area contributed by atoms with Gasteiger partial charge in [-0.3, -0.25) is 4.79 Å². The van der Waals surface area contributed by atoms with Crippen LogP contribution in [0.4, 0.5) is 5.69 Å². The van der Waals surface area contributed by atoms with E-state index in [4.69, 9.17) is 27.9 Å². The van der Waals surface area contributed by atoms with Gasteiger partial charge in [0.1, 0.15) is 18.1 Å². The monoisotopic (exact) mass is 393 g/mol. The number of nitrogens with one attached hydrogen (secondary N) is 1. The summed E-state index contributed by atoms with van der Waals surface area (Å²) in [5.74, 6) is 0.281. The Morgan fingerprint density at radius 2 is 2.04 bits per heavy atom. The molecule has 2 aromatic carbocycles. The van der Waals surface area contributed by atoms with E-state index in [9.17, 15) is 4.79 Å². The van der Waals surface area contributed by atoms with Gasteiger partial charge >= 0.3 is 0 Å². The molecule has 0 bridgehead atoms. The fourth-order valence-corrected chi connectivity index (χ4v) is 3.05. The van der Waals surface area contributed by atoms with E-state index in [1.54, 1.807) is 42.5 Å². The predicted molar refractivity (Wildman–Crippen MR) is 99.8 cm³/mol. The van der Waals surface area contributed by atoms with Crippen molar-refractivity contribution in [2.75, 3.05) is 5.32 Å². The Kier molecular flexibility index (Phi) is 5.53. The zero-order valence-electron chi connectivity index (χ0n) is 13.1. The minimum absolute atomic E-state index is 0.291. The van der Waals surface area contributed by atoms with Crippen LogP contribution in [0.2, 0.25) is 10.0 Å². The van der Waals surface area contributed by atoms with Crippen molar-refractivity contribution in [3.63, 3.8) is 0 Å². The molecule has 25 heavy (non-hydrogen) atoms. The lowest BCUT2D eigenvalue weighted by Gasteiger charge is -2.09. The van der Waals surface area contributed by atoms with Crippen LogP contribution in [0.3, 0.4) is 0 Å². The van der Waals surface area contributed by atoms with Crippen LogP contribution in [0.1, 0.15) is 21.7 Å². The van der Waals surface area contributed by atoms with E-state index >= 15 is 0 Å². The number of hydrogen-bond donors (Lipinski definition) is 1. The number of nitrogens with zero attached hydrogens (tertiary/aromatic N) is 2. The average Bonchev–Trinajstić information content (AvgIpc) is 3.01. The Morgan fingerprint density at radius 1 is 1.20 bits per heavy atom. The summed E-state index contributed by atoms with van der Waals surface area (Å²) in [6.07, 6.45) is 0. The first-order valence-electron chi connectivity index (χ1n) is 7.30. The van der Waals surface area contributed by atoms with E-state index in [2.05, 4.69) is 14.1 Å². The summed E-state index contributed by atoms with van der Waals surface area (Å²) in [6.45, 7) is 2.18. The van der Waals surface area contributed by atoms with Gasteiger partial charge in [0.15, 0.2) is 0 Å². The molecule has 3 aromatic rings. The summed E-state index contributed by atoms with van der Waals surface area (Å²) in [7, 11) is 0. The maximum atomic E-state index is 12.4. The van der Waals surface area contributed by atoms with Crippen molar-refractivity contribution in [3.8, 4) is 5.75 Å². The number of anilines is 1. The molecule has 0 saturated heterocycles. The Bertz CT molecular complexity index is 914. The number of halogens is 2. The molecule has 0 radical (unpaired) electrons. The molecular weight excluding hydrogens is 381 g/mol. The Hall–Kier alpha value is -2.15. The van der Waals surface area contributed by atoms with E-state index in [1.807, 2.05) is 6.92 Å². The zero-order valence-corrected chi connectivity index (χ0v) is 15.5. The first-order chi connectivity index (χ1) is 12.0. The second-order valence-electron chi connectivity index (χ2n) is 5.19. The van der Waals surface area contributed by atoms with E-state index in [-0.39, 0.29) is 5.91 Å². The molecule has 0 aliphatic heterocycles. The van der Waals surface area contributed by atoms with Gasteiger partial charge in [-0.25, -0.2) is 0 Å². The van der Waals surface area contributed by atoms with Gasteiger partial charge in [0.05, 0.1) is 28.1 Å². The van der Waals surface area contributed by atoms with Crippen LogP contribution < -0.4 is 10.1 Å². The van der Waals surface area contributed by atoms with Crippen molar-refractivity contribution in [2.45, 2.75) is 13.5 Å². The highest BCUT2D eigenvalue weighted by Crippen LogP contribution is 2.26. The predicted octanol–water partition coefficient (Wildman–Crippen LogP) is 4.98. The van der Waals surface area contributed by atoms with E-state index < -0.39 is 0 Å². The first kappa shape index (κ1) is 17.7. The highest BCUT2D eigenvalue weighted by Gasteiger charge is 2.11. The number of amides is 1. The van der Waals surface area contributed by atoms with Gasteiger partial charge in [-0.2, -0.15) is 8.75 Å². The van der Waals surface area contributed by atoms with E-state index in [0.29, 0.717) is 33.7 Å². The molecule has 0 unspecified atom stereocenters. The molecule has 5 nitrogen and oxygen atoms in total. The van der Waals surface area contributed by atoms with Crippen LogP contribution in [0, 0.1) is 6.92 Å². The van der Waals surface area contributed by atoms with Gasteiger partial charge in [0.2, 0.25) is 0 Å². The molecule has 1 heterocycles. The second-order valence-corrected chi connectivity index (χ2v) is 6.56. The Morgan fingerprint density at radius 3 is 2.76 bits per heavy atom. The quantitative estimate of drug-likeness (QED) is 0.663. The minimum atomic E-state index is -0.291. The fourth-order valence-electron chi connectivity index (χ4n) is 2.04. The number of benzene rings is 2. The highest BCUT2D eigenvalue weighted by atomic mass is 35.5. The molecule has 0 saturated carbocycles. The van der Waals surface area contributed by atoms with Gasteiger partial charge in [0, 0.05) is 10.6 Å². The third kappa shape index (κ3) is 4.48. The number of carbonyl (C=O) groups excluding carboxylic acids is 1. The third-order valence-corrected chi connectivity index (χ3v) is 4.60. The Balaban J connectivity index is 1.70. The molecule has 0 fully saturated rings. The summed E-state index contributed by atoms with van der Waals surface area (Å²) in [4.78, 5) is 12.4. The number of rotatable bonds is 5. The van der Waals surface area contributed by atoms with Crippen LogP contribution in [0.5, 0.6) is 5.75 Å². The molecule has 3 rings (SSSR count). The third-order valence-electron chi connectivity index (χ3n) is 3.40. The molecule has 0 aliphatic carbocycles. The first-order valence-corrected chi connectivity index (χ1v) is 8.79. The number of aryl methyl sites for hydroxylation is 1. The summed E-state index contributed by atoms with van der Waals surface area (Å²) in [5, 5.41) is 3.63. The fraction of sp³-hybridized carbons (Fsp3) is 0.118. The lowest BCUT2D eigenvalue weighted by Crippen LogP contribution is -2.12. The van der Waals surface area contributed by atoms with Crippen LogP contribution in [-0.4, -0.2) is 14.7 Å². The second kappa shape index (κ2) is 7.82. The van der Waals surface area contributed by atoms with E-state index in [0.717, 1.165) is 23.1 Å². The van der Waals surface area contributed by atoms with E-state index in [1.165, 1.54) is 0 Å². The van der Waals surface area contributed by atoms with Crippen molar-refractivity contribution in [2.24, 2.45) is 0 Å². The van der Waals surface area contributed by atoms with Gasteiger partial charge in [-0.15, -0.1) is 0 Å². The van der Waals surface area contributed by atoms with Crippen molar-refractivity contribution in [1.82, 2.24) is 8.75 Å². The van der Waals surface area contributed by atoms with Crippen LogP contribution >= 0.6 is 34.9 Å². The maximum absolute atomic E-state index is 12.4. The molecule has 0 atom stereocenters. The molecule has 1 amide bonds. The normalized spacial score (nSPS) is 10.5. The summed E-state index contributed by atoms with van der Waals surface area (Å²) < 4.78 is 14.0. The van der Waals surface area contributed by atoms with Crippen LogP contribution in [0.25, 0.3) is 0 Å². The number of carbonyl (C=O) groups is 1. The lowest BCUT2D eigenvalue weighted by atomic mass is 10.2. The molecule has 0 aliphatic rings.